The van der Waals surface area contributed by atoms with Gasteiger partial charge in [-0.05, 0) is 25.7 Å². The number of thiazole rings is 1. The number of piperidine rings is 1. The number of carbonyl (C=O) groups excluding carboxylic acids is 1. The van der Waals surface area contributed by atoms with Gasteiger partial charge < -0.3 is 4.74 Å². The third-order valence-corrected chi connectivity index (χ3v) is 6.87. The van der Waals surface area contributed by atoms with E-state index >= 15 is 0 Å². The summed E-state index contributed by atoms with van der Waals surface area (Å²) in [7, 11) is -2.31. The molecule has 118 valence electrons. The molecule has 1 fully saturated rings. The lowest BCUT2D eigenvalue weighted by Crippen LogP contribution is -2.38. The summed E-state index contributed by atoms with van der Waals surface area (Å²) in [5.74, 6) is 0.356. The number of aryl methyl sites for hydroxylation is 1. The first-order valence-electron chi connectivity index (χ1n) is 6.67. The Kier molecular flexibility index (Phi) is 4.84. The van der Waals surface area contributed by atoms with Crippen LogP contribution < -0.4 is 5.32 Å². The molecule has 21 heavy (non-hydrogen) atoms. The molecule has 0 bridgehead atoms. The van der Waals surface area contributed by atoms with E-state index in [1.165, 1.54) is 11.4 Å². The first kappa shape index (κ1) is 16.2. The molecule has 7 nitrogen and oxygen atoms in total. The maximum Gasteiger partial charge on any atom is 0.413 e. The fourth-order valence-electron chi connectivity index (χ4n) is 2.30. The molecule has 0 aromatic carbocycles. The number of nitrogens with one attached hydrogen (secondary N) is 1. The molecule has 1 aromatic rings. The highest BCUT2D eigenvalue weighted by molar-refractivity contribution is 7.91. The van der Waals surface area contributed by atoms with Crippen LogP contribution in [0, 0.1) is 12.8 Å². The minimum Gasteiger partial charge on any atom is -0.453 e. The standard InChI is InChI=1S/C12H19N3O4S2/c1-8-5-4-6-15(7-8)21(17,18)10-9(2)13-11(20-10)14-12(16)19-3/h8H,4-7H2,1-3H3,(H,13,14,16). The highest BCUT2D eigenvalue weighted by atomic mass is 32.2. The van der Waals surface area contributed by atoms with Gasteiger partial charge in [-0.2, -0.15) is 4.31 Å². The number of aromatic nitrogens is 1. The topological polar surface area (TPSA) is 88.6 Å². The van der Waals surface area contributed by atoms with Crippen LogP contribution in [0.2, 0.25) is 0 Å². The number of amides is 1. The second kappa shape index (κ2) is 6.29. The van der Waals surface area contributed by atoms with Gasteiger partial charge in [-0.1, -0.05) is 18.3 Å². The summed E-state index contributed by atoms with van der Waals surface area (Å²) in [6.07, 6.45) is 1.24. The van der Waals surface area contributed by atoms with E-state index in [1.807, 2.05) is 6.92 Å². The summed E-state index contributed by atoms with van der Waals surface area (Å²) in [6.45, 7) is 4.73. The summed E-state index contributed by atoms with van der Waals surface area (Å²) in [4.78, 5) is 15.2. The molecule has 1 amide bonds. The number of carbonyl (C=O) groups is 1. The lowest BCUT2D eigenvalue weighted by molar-refractivity contribution is 0.187. The maximum absolute atomic E-state index is 12.7. The van der Waals surface area contributed by atoms with Crippen molar-refractivity contribution < 1.29 is 17.9 Å². The van der Waals surface area contributed by atoms with Gasteiger partial charge in [0.25, 0.3) is 10.0 Å². The van der Waals surface area contributed by atoms with Crippen molar-refractivity contribution in [3.63, 3.8) is 0 Å². The fraction of sp³-hybridized carbons (Fsp3) is 0.667. The lowest BCUT2D eigenvalue weighted by Gasteiger charge is -2.29. The molecule has 1 atom stereocenters. The molecule has 1 aliphatic heterocycles. The van der Waals surface area contributed by atoms with Crippen LogP contribution in [-0.2, 0) is 14.8 Å². The number of ether oxygens (including phenoxy) is 1. The number of anilines is 1. The van der Waals surface area contributed by atoms with Gasteiger partial charge in [0, 0.05) is 13.1 Å². The lowest BCUT2D eigenvalue weighted by atomic mass is 10.0. The second-order valence-corrected chi connectivity index (χ2v) is 8.25. The van der Waals surface area contributed by atoms with E-state index in [4.69, 9.17) is 0 Å². The van der Waals surface area contributed by atoms with E-state index in [0.29, 0.717) is 24.7 Å². The zero-order valence-electron chi connectivity index (χ0n) is 12.2. The van der Waals surface area contributed by atoms with E-state index in [1.54, 1.807) is 6.92 Å². The molecule has 0 saturated carbocycles. The number of sulfonamides is 1. The Labute approximate surface area is 128 Å². The van der Waals surface area contributed by atoms with E-state index in [-0.39, 0.29) is 9.34 Å². The van der Waals surface area contributed by atoms with Crippen LogP contribution in [-0.4, -0.2) is 44.0 Å². The van der Waals surface area contributed by atoms with Crippen LogP contribution in [0.1, 0.15) is 25.5 Å². The number of methoxy groups -OCH3 is 1. The summed E-state index contributed by atoms with van der Waals surface area (Å²) < 4.78 is 31.5. The molecule has 1 N–H and O–H groups in total. The van der Waals surface area contributed by atoms with Crippen molar-refractivity contribution in [1.82, 2.24) is 9.29 Å². The van der Waals surface area contributed by atoms with E-state index in [9.17, 15) is 13.2 Å². The van der Waals surface area contributed by atoms with Gasteiger partial charge in [0.2, 0.25) is 0 Å². The molecule has 0 aliphatic carbocycles. The summed E-state index contributed by atoms with van der Waals surface area (Å²) in [5.41, 5.74) is 0.393. The normalized spacial score (nSPS) is 20.2. The zero-order chi connectivity index (χ0) is 15.6. The number of rotatable bonds is 3. The van der Waals surface area contributed by atoms with Crippen LogP contribution >= 0.6 is 11.3 Å². The number of hydrogen-bond acceptors (Lipinski definition) is 6. The van der Waals surface area contributed by atoms with Crippen molar-refractivity contribution in [2.45, 2.75) is 30.9 Å². The molecule has 1 unspecified atom stereocenters. The Hall–Kier alpha value is -1.19. The highest BCUT2D eigenvalue weighted by Gasteiger charge is 2.32. The first-order valence-corrected chi connectivity index (χ1v) is 8.92. The first-order chi connectivity index (χ1) is 9.84. The van der Waals surface area contributed by atoms with Gasteiger partial charge in [0.05, 0.1) is 12.8 Å². The average molecular weight is 333 g/mol. The monoisotopic (exact) mass is 333 g/mol. The van der Waals surface area contributed by atoms with Gasteiger partial charge in [-0.3, -0.25) is 5.32 Å². The second-order valence-electron chi connectivity index (χ2n) is 5.12. The van der Waals surface area contributed by atoms with Crippen molar-refractivity contribution in [2.24, 2.45) is 5.92 Å². The van der Waals surface area contributed by atoms with Crippen LogP contribution in [0.25, 0.3) is 0 Å². The van der Waals surface area contributed by atoms with Gasteiger partial charge in [-0.25, -0.2) is 18.2 Å². The SMILES string of the molecule is COC(=O)Nc1nc(C)c(S(=O)(=O)N2CCCC(C)C2)s1. The van der Waals surface area contributed by atoms with Crippen molar-refractivity contribution in [1.29, 1.82) is 0 Å². The predicted molar refractivity (Wildman–Crippen MR) is 80.0 cm³/mol. The summed E-state index contributed by atoms with van der Waals surface area (Å²) in [5, 5.41) is 2.62. The van der Waals surface area contributed by atoms with Gasteiger partial charge >= 0.3 is 6.09 Å². The molecule has 1 aliphatic rings. The largest absolute Gasteiger partial charge is 0.453 e. The van der Waals surface area contributed by atoms with Crippen molar-refractivity contribution in [3.8, 4) is 0 Å². The third kappa shape index (κ3) is 3.53. The predicted octanol–water partition coefficient (Wildman–Crippen LogP) is 2.05. The molecule has 0 radical (unpaired) electrons. The molecule has 1 aromatic heterocycles. The molecule has 2 heterocycles. The van der Waals surface area contributed by atoms with E-state index < -0.39 is 16.1 Å². The van der Waals surface area contributed by atoms with Crippen LogP contribution in [0.4, 0.5) is 9.93 Å². The summed E-state index contributed by atoms with van der Waals surface area (Å²) >= 11 is 0.952. The smallest absolute Gasteiger partial charge is 0.413 e. The molecule has 0 spiro atoms. The molecular weight excluding hydrogens is 314 g/mol. The number of nitrogens with zero attached hydrogens (tertiary/aromatic N) is 2. The minimum absolute atomic E-state index is 0.183. The fourth-order valence-corrected chi connectivity index (χ4v) is 5.43. The van der Waals surface area contributed by atoms with E-state index in [0.717, 1.165) is 24.2 Å². The highest BCUT2D eigenvalue weighted by Crippen LogP contribution is 2.31. The van der Waals surface area contributed by atoms with Crippen LogP contribution in [0.5, 0.6) is 0 Å². The van der Waals surface area contributed by atoms with Gasteiger partial charge in [-0.15, -0.1) is 0 Å². The van der Waals surface area contributed by atoms with E-state index in [2.05, 4.69) is 15.0 Å². The van der Waals surface area contributed by atoms with Crippen LogP contribution in [0.15, 0.2) is 4.21 Å². The van der Waals surface area contributed by atoms with Crippen molar-refractivity contribution in [2.75, 3.05) is 25.5 Å². The molecule has 1 saturated heterocycles. The van der Waals surface area contributed by atoms with Crippen molar-refractivity contribution >= 4 is 32.6 Å². The number of hydrogen-bond donors (Lipinski definition) is 1. The Bertz CT molecular complexity index is 626. The zero-order valence-corrected chi connectivity index (χ0v) is 13.9. The molecule has 9 heteroatoms. The quantitative estimate of drug-likeness (QED) is 0.914. The van der Waals surface area contributed by atoms with Crippen LogP contribution in [0.3, 0.4) is 0 Å². The minimum atomic E-state index is -3.55. The Morgan fingerprint density at radius 1 is 1.52 bits per heavy atom. The third-order valence-electron chi connectivity index (χ3n) is 3.34. The average Bonchev–Trinajstić information content (AvgIpc) is 2.80. The Morgan fingerprint density at radius 3 is 2.86 bits per heavy atom. The summed E-state index contributed by atoms with van der Waals surface area (Å²) in [6, 6.07) is 0. The molecular formula is C12H19N3O4S2. The Morgan fingerprint density at radius 2 is 2.24 bits per heavy atom. The Balaban J connectivity index is 2.25. The molecule has 2 rings (SSSR count). The van der Waals surface area contributed by atoms with Gasteiger partial charge in [0.15, 0.2) is 9.34 Å². The maximum atomic E-state index is 12.7. The van der Waals surface area contributed by atoms with Crippen molar-refractivity contribution in [3.05, 3.63) is 5.69 Å². The van der Waals surface area contributed by atoms with Gasteiger partial charge in [0.1, 0.15) is 0 Å².